The Morgan fingerprint density at radius 1 is 0.364 bits per heavy atom. The van der Waals surface area contributed by atoms with Crippen molar-refractivity contribution < 1.29 is 4.42 Å². The van der Waals surface area contributed by atoms with Gasteiger partial charge in [0.2, 0.25) is 0 Å². The Bertz CT molecular complexity index is 3190. The first kappa shape index (κ1) is 31.2. The van der Waals surface area contributed by atoms with Crippen molar-refractivity contribution >= 4 is 71.6 Å². The molecule has 0 aliphatic rings. The second kappa shape index (κ2) is 12.6. The summed E-state index contributed by atoms with van der Waals surface area (Å²) in [6.07, 6.45) is 0. The number of aromatic nitrogens is 1. The third-order valence-electron chi connectivity index (χ3n) is 11.0. The van der Waals surface area contributed by atoms with Crippen LogP contribution in [0.3, 0.4) is 0 Å². The van der Waals surface area contributed by atoms with E-state index < -0.39 is 0 Å². The summed E-state index contributed by atoms with van der Waals surface area (Å²) in [6.45, 7) is 0. The molecular weight excluding hydrogens is 669 g/mol. The summed E-state index contributed by atoms with van der Waals surface area (Å²) >= 11 is 0. The highest BCUT2D eigenvalue weighted by Gasteiger charge is 2.20. The lowest BCUT2D eigenvalue weighted by molar-refractivity contribution is 0.669. The van der Waals surface area contributed by atoms with Crippen molar-refractivity contribution in [1.29, 1.82) is 0 Å². The number of para-hydroxylation sites is 3. The fraction of sp³-hybridized carbons (Fsp3) is 0. The SMILES string of the molecule is c1ccc(-c2ccccc2N(c2ccc(-c3ccc4c(c3)c3cc5ccccc5cc3n4-c3ccccc3)cc2)c2ccc3c(c2)oc2ccccc23)cc1. The standard InChI is InChI=1S/C52H34N2O/c1-3-13-36(14-4-1)43-19-9-11-21-48(43)53(42-28-29-45-44-20-10-12-22-51(44)55-52(45)34-42)41-26-23-35(24-27-41)39-25-30-49-46(32-39)47-31-37-15-7-8-16-38(37)33-50(47)54(49)40-17-5-2-6-18-40/h1-34H. The van der Waals surface area contributed by atoms with Crippen molar-refractivity contribution in [2.45, 2.75) is 0 Å². The molecule has 0 fully saturated rings. The molecule has 258 valence electrons. The summed E-state index contributed by atoms with van der Waals surface area (Å²) < 4.78 is 8.79. The summed E-state index contributed by atoms with van der Waals surface area (Å²) in [5.41, 5.74) is 13.2. The summed E-state index contributed by atoms with van der Waals surface area (Å²) in [7, 11) is 0. The average molecular weight is 703 g/mol. The molecule has 0 atom stereocenters. The van der Waals surface area contributed by atoms with Crippen LogP contribution in [0.4, 0.5) is 17.1 Å². The zero-order valence-electron chi connectivity index (χ0n) is 29.9. The van der Waals surface area contributed by atoms with Gasteiger partial charge < -0.3 is 13.9 Å². The molecule has 11 aromatic rings. The van der Waals surface area contributed by atoms with Gasteiger partial charge in [-0.3, -0.25) is 0 Å². The van der Waals surface area contributed by atoms with Crippen LogP contribution < -0.4 is 4.90 Å². The molecule has 0 saturated carbocycles. The van der Waals surface area contributed by atoms with Gasteiger partial charge in [0.15, 0.2) is 0 Å². The Morgan fingerprint density at radius 3 is 1.84 bits per heavy atom. The number of fused-ring (bicyclic) bond motifs is 7. The molecule has 0 radical (unpaired) electrons. The molecule has 2 heterocycles. The number of nitrogens with zero attached hydrogens (tertiary/aromatic N) is 2. The predicted octanol–water partition coefficient (Wildman–Crippen LogP) is 14.6. The number of hydrogen-bond acceptors (Lipinski definition) is 2. The number of furan rings is 1. The summed E-state index contributed by atoms with van der Waals surface area (Å²) in [6, 6.07) is 74.0. The highest BCUT2D eigenvalue weighted by molar-refractivity contribution is 6.14. The van der Waals surface area contributed by atoms with Crippen molar-refractivity contribution in [3.8, 4) is 27.9 Å². The van der Waals surface area contributed by atoms with Gasteiger partial charge in [-0.1, -0.05) is 127 Å². The van der Waals surface area contributed by atoms with Crippen LogP contribution in [0.25, 0.3) is 82.5 Å². The highest BCUT2D eigenvalue weighted by atomic mass is 16.3. The van der Waals surface area contributed by atoms with Crippen molar-refractivity contribution in [3.05, 3.63) is 206 Å². The maximum atomic E-state index is 6.40. The van der Waals surface area contributed by atoms with Gasteiger partial charge in [0.05, 0.1) is 16.7 Å². The lowest BCUT2D eigenvalue weighted by atomic mass is 10.00. The Kier molecular flexibility index (Phi) is 7.17. The van der Waals surface area contributed by atoms with E-state index >= 15 is 0 Å². The summed E-state index contributed by atoms with van der Waals surface area (Å²) in [5, 5.41) is 7.21. The smallest absolute Gasteiger partial charge is 0.137 e. The minimum absolute atomic E-state index is 0.869. The molecule has 0 bridgehead atoms. The van der Waals surface area contributed by atoms with E-state index in [9.17, 15) is 0 Å². The van der Waals surface area contributed by atoms with E-state index in [0.717, 1.165) is 55.8 Å². The van der Waals surface area contributed by atoms with Crippen LogP contribution in [-0.2, 0) is 0 Å². The quantitative estimate of drug-likeness (QED) is 0.172. The lowest BCUT2D eigenvalue weighted by Gasteiger charge is -2.28. The van der Waals surface area contributed by atoms with Crippen molar-refractivity contribution in [2.24, 2.45) is 0 Å². The van der Waals surface area contributed by atoms with E-state index in [1.807, 2.05) is 12.1 Å². The number of hydrogen-bond donors (Lipinski definition) is 0. The molecule has 0 spiro atoms. The predicted molar refractivity (Wildman–Crippen MR) is 231 cm³/mol. The Labute approximate surface area is 318 Å². The molecule has 0 N–H and O–H groups in total. The fourth-order valence-electron chi connectivity index (χ4n) is 8.35. The largest absolute Gasteiger partial charge is 0.456 e. The van der Waals surface area contributed by atoms with E-state index in [4.69, 9.17) is 4.42 Å². The first-order valence-electron chi connectivity index (χ1n) is 18.8. The zero-order chi connectivity index (χ0) is 36.3. The molecule has 11 rings (SSSR count). The Hall–Kier alpha value is -7.36. The van der Waals surface area contributed by atoms with Crippen LogP contribution in [0.1, 0.15) is 0 Å². The first-order chi connectivity index (χ1) is 27.3. The molecule has 3 nitrogen and oxygen atoms in total. The van der Waals surface area contributed by atoms with Crippen LogP contribution in [0.2, 0.25) is 0 Å². The third-order valence-corrected chi connectivity index (χ3v) is 11.0. The molecule has 0 amide bonds. The maximum Gasteiger partial charge on any atom is 0.137 e. The second-order valence-electron chi connectivity index (χ2n) is 14.2. The zero-order valence-corrected chi connectivity index (χ0v) is 29.9. The topological polar surface area (TPSA) is 21.3 Å². The van der Waals surface area contributed by atoms with Gasteiger partial charge in [0.25, 0.3) is 0 Å². The van der Waals surface area contributed by atoms with Crippen molar-refractivity contribution in [3.63, 3.8) is 0 Å². The highest BCUT2D eigenvalue weighted by Crippen LogP contribution is 2.44. The minimum atomic E-state index is 0.869. The molecule has 0 aliphatic heterocycles. The van der Waals surface area contributed by atoms with Crippen LogP contribution in [0, 0.1) is 0 Å². The van der Waals surface area contributed by atoms with E-state index in [1.165, 1.54) is 43.7 Å². The van der Waals surface area contributed by atoms with Crippen molar-refractivity contribution in [2.75, 3.05) is 4.90 Å². The maximum absolute atomic E-state index is 6.40. The monoisotopic (exact) mass is 702 g/mol. The summed E-state index contributed by atoms with van der Waals surface area (Å²) in [4.78, 5) is 2.35. The minimum Gasteiger partial charge on any atom is -0.456 e. The van der Waals surface area contributed by atoms with E-state index in [0.29, 0.717) is 0 Å². The molecule has 3 heteroatoms. The normalized spacial score (nSPS) is 11.6. The second-order valence-corrected chi connectivity index (χ2v) is 14.2. The van der Waals surface area contributed by atoms with Crippen LogP contribution in [0.15, 0.2) is 211 Å². The van der Waals surface area contributed by atoms with E-state index in [-0.39, 0.29) is 0 Å². The van der Waals surface area contributed by atoms with Gasteiger partial charge in [0.1, 0.15) is 11.2 Å². The molecule has 55 heavy (non-hydrogen) atoms. The lowest BCUT2D eigenvalue weighted by Crippen LogP contribution is -2.11. The van der Waals surface area contributed by atoms with Gasteiger partial charge in [-0.2, -0.15) is 0 Å². The van der Waals surface area contributed by atoms with Crippen LogP contribution in [-0.4, -0.2) is 4.57 Å². The van der Waals surface area contributed by atoms with Gasteiger partial charge in [-0.15, -0.1) is 0 Å². The Morgan fingerprint density at radius 2 is 1.00 bits per heavy atom. The van der Waals surface area contributed by atoms with Crippen LogP contribution in [0.5, 0.6) is 0 Å². The van der Waals surface area contributed by atoms with Gasteiger partial charge in [-0.25, -0.2) is 0 Å². The third kappa shape index (κ3) is 5.20. The molecule has 0 saturated heterocycles. The first-order valence-corrected chi connectivity index (χ1v) is 18.8. The number of benzene rings is 9. The van der Waals surface area contributed by atoms with Gasteiger partial charge >= 0.3 is 0 Å². The van der Waals surface area contributed by atoms with E-state index in [2.05, 4.69) is 204 Å². The average Bonchev–Trinajstić information content (AvgIpc) is 3.78. The van der Waals surface area contributed by atoms with Crippen molar-refractivity contribution in [1.82, 2.24) is 4.57 Å². The molecule has 0 aliphatic carbocycles. The number of anilines is 3. The molecule has 9 aromatic carbocycles. The molecule has 2 aromatic heterocycles. The molecular formula is C52H34N2O. The Balaban J connectivity index is 1.06. The summed E-state index contributed by atoms with van der Waals surface area (Å²) in [5.74, 6) is 0. The van der Waals surface area contributed by atoms with Gasteiger partial charge in [-0.05, 0) is 100 Å². The number of rotatable bonds is 6. The van der Waals surface area contributed by atoms with Gasteiger partial charge in [0, 0.05) is 50.2 Å². The molecule has 0 unspecified atom stereocenters. The fourth-order valence-corrected chi connectivity index (χ4v) is 8.35. The van der Waals surface area contributed by atoms with Crippen LogP contribution >= 0.6 is 0 Å². The van der Waals surface area contributed by atoms with E-state index in [1.54, 1.807) is 0 Å².